The van der Waals surface area contributed by atoms with Crippen LogP contribution in [0.4, 0.5) is 11.4 Å². The summed E-state index contributed by atoms with van der Waals surface area (Å²) in [4.78, 5) is 11.4. The zero-order chi connectivity index (χ0) is 13.1. The highest BCUT2D eigenvalue weighted by Gasteiger charge is 2.09. The van der Waals surface area contributed by atoms with Gasteiger partial charge < -0.3 is 11.1 Å². The van der Waals surface area contributed by atoms with Crippen LogP contribution < -0.4 is 11.1 Å². The SMILES string of the molecule is Cc1ccccc1Nc1cc(I)ccc1C(N)=O. The fourth-order valence-corrected chi connectivity index (χ4v) is 2.18. The standard InChI is InChI=1S/C14H13IN2O/c1-9-4-2-3-5-12(9)17-13-8-10(15)6-7-11(13)14(16)18/h2-8,17H,1H3,(H2,16,18). The smallest absolute Gasteiger partial charge is 0.250 e. The first-order chi connectivity index (χ1) is 8.58. The van der Waals surface area contributed by atoms with Gasteiger partial charge >= 0.3 is 0 Å². The molecule has 0 aromatic heterocycles. The summed E-state index contributed by atoms with van der Waals surface area (Å²) in [5.74, 6) is -0.428. The van der Waals surface area contributed by atoms with Crippen molar-refractivity contribution in [3.05, 3.63) is 57.2 Å². The number of halogens is 1. The second-order valence-electron chi connectivity index (χ2n) is 3.99. The van der Waals surface area contributed by atoms with Crippen LogP contribution in [0.1, 0.15) is 15.9 Å². The number of rotatable bonds is 3. The lowest BCUT2D eigenvalue weighted by atomic mass is 10.1. The van der Waals surface area contributed by atoms with Gasteiger partial charge in [-0.3, -0.25) is 4.79 Å². The van der Waals surface area contributed by atoms with E-state index in [0.29, 0.717) is 5.56 Å². The Hall–Kier alpha value is -1.56. The van der Waals surface area contributed by atoms with Gasteiger partial charge in [-0.15, -0.1) is 0 Å². The van der Waals surface area contributed by atoms with E-state index >= 15 is 0 Å². The Balaban J connectivity index is 2.42. The fraction of sp³-hybridized carbons (Fsp3) is 0.0714. The molecule has 0 saturated heterocycles. The van der Waals surface area contributed by atoms with Crippen molar-refractivity contribution >= 4 is 39.9 Å². The molecule has 0 spiro atoms. The van der Waals surface area contributed by atoms with Gasteiger partial charge in [-0.25, -0.2) is 0 Å². The van der Waals surface area contributed by atoms with Gasteiger partial charge in [-0.1, -0.05) is 18.2 Å². The van der Waals surface area contributed by atoms with E-state index in [9.17, 15) is 4.79 Å². The zero-order valence-corrected chi connectivity index (χ0v) is 12.1. The summed E-state index contributed by atoms with van der Waals surface area (Å²) >= 11 is 2.20. The second-order valence-corrected chi connectivity index (χ2v) is 5.24. The highest BCUT2D eigenvalue weighted by Crippen LogP contribution is 2.25. The van der Waals surface area contributed by atoms with E-state index in [4.69, 9.17) is 5.73 Å². The Bertz CT molecular complexity index is 596. The van der Waals surface area contributed by atoms with Crippen LogP contribution in [-0.4, -0.2) is 5.91 Å². The number of nitrogens with two attached hydrogens (primary N) is 1. The normalized spacial score (nSPS) is 10.1. The first-order valence-corrected chi connectivity index (χ1v) is 6.58. The lowest BCUT2D eigenvalue weighted by Gasteiger charge is -2.12. The lowest BCUT2D eigenvalue weighted by molar-refractivity contribution is 0.100. The van der Waals surface area contributed by atoms with Crippen molar-refractivity contribution in [2.75, 3.05) is 5.32 Å². The number of hydrogen-bond donors (Lipinski definition) is 2. The minimum absolute atomic E-state index is 0.428. The number of carbonyl (C=O) groups is 1. The minimum Gasteiger partial charge on any atom is -0.366 e. The maximum atomic E-state index is 11.4. The zero-order valence-electron chi connectivity index (χ0n) is 9.91. The summed E-state index contributed by atoms with van der Waals surface area (Å²) in [6.07, 6.45) is 0. The molecule has 0 radical (unpaired) electrons. The summed E-state index contributed by atoms with van der Waals surface area (Å²) in [5.41, 5.74) is 8.70. The van der Waals surface area contributed by atoms with Gasteiger partial charge in [0, 0.05) is 9.26 Å². The Morgan fingerprint density at radius 3 is 2.56 bits per heavy atom. The van der Waals surface area contributed by atoms with Crippen LogP contribution in [0.15, 0.2) is 42.5 Å². The molecule has 0 heterocycles. The van der Waals surface area contributed by atoms with Crippen molar-refractivity contribution in [2.24, 2.45) is 5.73 Å². The third-order valence-electron chi connectivity index (χ3n) is 2.66. The fourth-order valence-electron chi connectivity index (χ4n) is 1.69. The number of amides is 1. The van der Waals surface area contributed by atoms with Gasteiger partial charge in [0.25, 0.3) is 5.91 Å². The maximum absolute atomic E-state index is 11.4. The van der Waals surface area contributed by atoms with E-state index in [1.165, 1.54) is 0 Å². The van der Waals surface area contributed by atoms with Crippen molar-refractivity contribution in [1.82, 2.24) is 0 Å². The Morgan fingerprint density at radius 2 is 1.89 bits per heavy atom. The van der Waals surface area contributed by atoms with Crippen LogP contribution in [0, 0.1) is 10.5 Å². The molecule has 3 N–H and O–H groups in total. The first kappa shape index (κ1) is 12.9. The van der Waals surface area contributed by atoms with Gasteiger partial charge in [-0.05, 0) is 59.3 Å². The molecule has 0 fully saturated rings. The Morgan fingerprint density at radius 1 is 1.17 bits per heavy atom. The van der Waals surface area contributed by atoms with Crippen molar-refractivity contribution in [3.8, 4) is 0 Å². The molecule has 0 aliphatic rings. The van der Waals surface area contributed by atoms with Crippen molar-refractivity contribution in [3.63, 3.8) is 0 Å². The number of primary amides is 1. The summed E-state index contributed by atoms with van der Waals surface area (Å²) in [6.45, 7) is 2.01. The van der Waals surface area contributed by atoms with Gasteiger partial charge in [0.2, 0.25) is 0 Å². The molecule has 92 valence electrons. The quantitative estimate of drug-likeness (QED) is 0.832. The highest BCUT2D eigenvalue weighted by molar-refractivity contribution is 14.1. The average molecular weight is 352 g/mol. The predicted molar refractivity (Wildman–Crippen MR) is 82.1 cm³/mol. The van der Waals surface area contributed by atoms with Crippen LogP contribution in [0.3, 0.4) is 0 Å². The van der Waals surface area contributed by atoms with Crippen LogP contribution in [0.5, 0.6) is 0 Å². The number of anilines is 2. The van der Waals surface area contributed by atoms with Crippen LogP contribution in [0.25, 0.3) is 0 Å². The number of nitrogens with one attached hydrogen (secondary N) is 1. The summed E-state index contributed by atoms with van der Waals surface area (Å²) in [5, 5.41) is 3.26. The molecule has 0 aliphatic carbocycles. The van der Waals surface area contributed by atoms with Gasteiger partial charge in [0.15, 0.2) is 0 Å². The van der Waals surface area contributed by atoms with Gasteiger partial charge in [0.1, 0.15) is 0 Å². The van der Waals surface area contributed by atoms with E-state index in [0.717, 1.165) is 20.5 Å². The second kappa shape index (κ2) is 5.39. The van der Waals surface area contributed by atoms with Crippen molar-refractivity contribution in [2.45, 2.75) is 6.92 Å². The van der Waals surface area contributed by atoms with Crippen molar-refractivity contribution in [1.29, 1.82) is 0 Å². The minimum atomic E-state index is -0.428. The Kier molecular flexibility index (Phi) is 3.86. The summed E-state index contributed by atoms with van der Waals surface area (Å²) < 4.78 is 1.05. The summed E-state index contributed by atoms with van der Waals surface area (Å²) in [7, 11) is 0. The largest absolute Gasteiger partial charge is 0.366 e. The third-order valence-corrected chi connectivity index (χ3v) is 3.33. The number of aryl methyl sites for hydroxylation is 1. The number of benzene rings is 2. The highest BCUT2D eigenvalue weighted by atomic mass is 127. The summed E-state index contributed by atoms with van der Waals surface area (Å²) in [6, 6.07) is 13.4. The molecule has 0 unspecified atom stereocenters. The lowest BCUT2D eigenvalue weighted by Crippen LogP contribution is -2.13. The van der Waals surface area contributed by atoms with E-state index in [1.807, 2.05) is 43.3 Å². The molecule has 2 aromatic rings. The molecule has 2 rings (SSSR count). The van der Waals surface area contributed by atoms with Crippen molar-refractivity contribution < 1.29 is 4.79 Å². The molecule has 3 nitrogen and oxygen atoms in total. The molecule has 0 aliphatic heterocycles. The van der Waals surface area contributed by atoms with Crippen LogP contribution in [-0.2, 0) is 0 Å². The number of carbonyl (C=O) groups excluding carboxylic acids is 1. The molecule has 0 atom stereocenters. The third kappa shape index (κ3) is 2.81. The predicted octanol–water partition coefficient (Wildman–Crippen LogP) is 3.44. The molecular weight excluding hydrogens is 339 g/mol. The van der Waals surface area contributed by atoms with Gasteiger partial charge in [-0.2, -0.15) is 0 Å². The number of para-hydroxylation sites is 1. The monoisotopic (exact) mass is 352 g/mol. The van der Waals surface area contributed by atoms with E-state index in [-0.39, 0.29) is 0 Å². The maximum Gasteiger partial charge on any atom is 0.250 e. The first-order valence-electron chi connectivity index (χ1n) is 5.50. The van der Waals surface area contributed by atoms with Crippen LogP contribution >= 0.6 is 22.6 Å². The molecule has 4 heteroatoms. The Labute approximate surface area is 120 Å². The molecule has 2 aromatic carbocycles. The molecule has 1 amide bonds. The molecule has 0 saturated carbocycles. The van der Waals surface area contributed by atoms with E-state index < -0.39 is 5.91 Å². The molecule has 18 heavy (non-hydrogen) atoms. The van der Waals surface area contributed by atoms with Gasteiger partial charge in [0.05, 0.1) is 11.3 Å². The number of hydrogen-bond acceptors (Lipinski definition) is 2. The average Bonchev–Trinajstić information content (AvgIpc) is 2.32. The molecular formula is C14H13IN2O. The topological polar surface area (TPSA) is 55.1 Å². The van der Waals surface area contributed by atoms with E-state index in [2.05, 4.69) is 27.9 Å². The van der Waals surface area contributed by atoms with Crippen LogP contribution in [0.2, 0.25) is 0 Å². The molecule has 0 bridgehead atoms. The van der Waals surface area contributed by atoms with E-state index in [1.54, 1.807) is 6.07 Å².